The molecule has 14 heavy (non-hydrogen) atoms. The second kappa shape index (κ2) is 4.23. The van der Waals surface area contributed by atoms with Crippen LogP contribution in [0.2, 0.25) is 0 Å². The van der Waals surface area contributed by atoms with E-state index in [1.54, 1.807) is 11.3 Å². The molecule has 0 atom stereocenters. The van der Waals surface area contributed by atoms with Gasteiger partial charge in [0.1, 0.15) is 10.9 Å². The summed E-state index contributed by atoms with van der Waals surface area (Å²) in [6, 6.07) is 10.0. The smallest absolute Gasteiger partial charge is 0.110 e. The summed E-state index contributed by atoms with van der Waals surface area (Å²) >= 11 is 3.22. The highest BCUT2D eigenvalue weighted by Crippen LogP contribution is 2.19. The Morgan fingerprint density at radius 2 is 2.00 bits per heavy atom. The minimum absolute atomic E-state index is 0.760. The van der Waals surface area contributed by atoms with Crippen LogP contribution in [0, 0.1) is 11.3 Å². The van der Waals surface area contributed by atoms with Crippen molar-refractivity contribution in [1.29, 1.82) is 5.26 Å². The van der Waals surface area contributed by atoms with Gasteiger partial charge in [-0.2, -0.15) is 5.26 Å². The van der Waals surface area contributed by atoms with Crippen LogP contribution in [-0.4, -0.2) is 0 Å². The lowest BCUT2D eigenvalue weighted by molar-refractivity contribution is 1.52. The minimum atomic E-state index is 0.760. The first-order valence-corrected chi connectivity index (χ1v) is 5.79. The van der Waals surface area contributed by atoms with Crippen LogP contribution in [0.25, 0.3) is 12.2 Å². The van der Waals surface area contributed by atoms with Crippen LogP contribution in [0.5, 0.6) is 0 Å². The van der Waals surface area contributed by atoms with Gasteiger partial charge in [0.05, 0.1) is 0 Å². The number of thiophene rings is 2. The van der Waals surface area contributed by atoms with Crippen LogP contribution in [0.4, 0.5) is 0 Å². The lowest BCUT2D eigenvalue weighted by Crippen LogP contribution is -1.57. The van der Waals surface area contributed by atoms with Gasteiger partial charge >= 0.3 is 0 Å². The zero-order valence-corrected chi connectivity index (χ0v) is 8.94. The molecule has 0 bridgehead atoms. The number of rotatable bonds is 2. The topological polar surface area (TPSA) is 23.8 Å². The van der Waals surface area contributed by atoms with E-state index in [9.17, 15) is 0 Å². The molecular weight excluding hydrogens is 210 g/mol. The van der Waals surface area contributed by atoms with E-state index in [0.717, 1.165) is 9.75 Å². The van der Waals surface area contributed by atoms with Crippen molar-refractivity contribution < 1.29 is 0 Å². The van der Waals surface area contributed by atoms with E-state index in [1.165, 1.54) is 16.2 Å². The number of nitrogens with zero attached hydrogens (tertiary/aromatic N) is 1. The molecule has 0 saturated heterocycles. The third kappa shape index (κ3) is 2.11. The van der Waals surface area contributed by atoms with Crippen LogP contribution in [0.3, 0.4) is 0 Å². The Morgan fingerprint density at radius 3 is 2.64 bits per heavy atom. The van der Waals surface area contributed by atoms with Crippen molar-refractivity contribution in [3.05, 3.63) is 44.3 Å². The molecule has 0 N–H and O–H groups in total. The molecule has 0 aliphatic carbocycles. The fourth-order valence-electron chi connectivity index (χ4n) is 1.05. The van der Waals surface area contributed by atoms with E-state index in [0.29, 0.717) is 0 Å². The summed E-state index contributed by atoms with van der Waals surface area (Å²) in [5, 5.41) is 10.7. The maximum atomic E-state index is 8.64. The molecule has 0 amide bonds. The van der Waals surface area contributed by atoms with E-state index < -0.39 is 0 Å². The predicted octanol–water partition coefficient (Wildman–Crippen LogP) is 3.85. The van der Waals surface area contributed by atoms with Crippen molar-refractivity contribution in [2.75, 3.05) is 0 Å². The molecule has 2 rings (SSSR count). The molecule has 3 heteroatoms. The lowest BCUT2D eigenvalue weighted by atomic mass is 10.3. The number of hydrogen-bond acceptors (Lipinski definition) is 3. The first-order valence-electron chi connectivity index (χ1n) is 4.10. The normalized spacial score (nSPS) is 10.5. The standard InChI is InChI=1S/C11H7NS2/c12-8-11-6-5-10(14-11)4-3-9-2-1-7-13-9/h1-7H. The summed E-state index contributed by atoms with van der Waals surface area (Å²) in [7, 11) is 0. The second-order valence-electron chi connectivity index (χ2n) is 2.66. The molecule has 0 spiro atoms. The van der Waals surface area contributed by atoms with Crippen LogP contribution in [0.15, 0.2) is 29.6 Å². The highest BCUT2D eigenvalue weighted by Gasteiger charge is 1.94. The summed E-state index contributed by atoms with van der Waals surface area (Å²) < 4.78 is 0. The molecule has 0 aromatic carbocycles. The molecule has 2 aromatic heterocycles. The predicted molar refractivity (Wildman–Crippen MR) is 62.3 cm³/mol. The summed E-state index contributed by atoms with van der Waals surface area (Å²) in [5.41, 5.74) is 0. The van der Waals surface area contributed by atoms with Gasteiger partial charge < -0.3 is 0 Å². The maximum absolute atomic E-state index is 8.64. The van der Waals surface area contributed by atoms with Gasteiger partial charge in [-0.05, 0) is 35.7 Å². The lowest BCUT2D eigenvalue weighted by Gasteiger charge is -1.82. The molecule has 0 aliphatic heterocycles. The summed E-state index contributed by atoms with van der Waals surface area (Å²) in [5.74, 6) is 0. The van der Waals surface area contributed by atoms with Crippen molar-refractivity contribution in [1.82, 2.24) is 0 Å². The van der Waals surface area contributed by atoms with Crippen molar-refractivity contribution in [3.63, 3.8) is 0 Å². The van der Waals surface area contributed by atoms with Gasteiger partial charge in [-0.1, -0.05) is 6.07 Å². The van der Waals surface area contributed by atoms with E-state index in [-0.39, 0.29) is 0 Å². The quantitative estimate of drug-likeness (QED) is 0.749. The Hall–Kier alpha value is -1.37. The summed E-state index contributed by atoms with van der Waals surface area (Å²) in [4.78, 5) is 3.11. The molecule has 0 saturated carbocycles. The fraction of sp³-hybridized carbons (Fsp3) is 0. The first kappa shape index (κ1) is 9.20. The zero-order valence-electron chi connectivity index (χ0n) is 7.31. The van der Waals surface area contributed by atoms with E-state index >= 15 is 0 Å². The monoisotopic (exact) mass is 217 g/mol. The van der Waals surface area contributed by atoms with E-state index in [4.69, 9.17) is 5.26 Å². The Morgan fingerprint density at radius 1 is 1.14 bits per heavy atom. The van der Waals surface area contributed by atoms with E-state index in [1.807, 2.05) is 24.3 Å². The SMILES string of the molecule is N#Cc1ccc(C=Cc2cccs2)s1. The average Bonchev–Trinajstić information content (AvgIpc) is 2.86. The molecule has 68 valence electrons. The molecular formula is C11H7NS2. The molecule has 0 unspecified atom stereocenters. The third-order valence-corrected chi connectivity index (χ3v) is 3.48. The van der Waals surface area contributed by atoms with Gasteiger partial charge in [-0.15, -0.1) is 22.7 Å². The summed E-state index contributed by atoms with van der Waals surface area (Å²) in [6.07, 6.45) is 4.11. The number of nitriles is 1. The molecule has 2 aromatic rings. The Balaban J connectivity index is 2.15. The van der Waals surface area contributed by atoms with Crippen molar-refractivity contribution in [2.45, 2.75) is 0 Å². The molecule has 1 nitrogen and oxygen atoms in total. The highest BCUT2D eigenvalue weighted by molar-refractivity contribution is 7.13. The molecule has 0 fully saturated rings. The van der Waals surface area contributed by atoms with Gasteiger partial charge in [0, 0.05) is 9.75 Å². The maximum Gasteiger partial charge on any atom is 0.110 e. The third-order valence-electron chi connectivity index (χ3n) is 1.69. The van der Waals surface area contributed by atoms with Gasteiger partial charge in [0.15, 0.2) is 0 Å². The number of hydrogen-bond donors (Lipinski definition) is 0. The van der Waals surface area contributed by atoms with Crippen LogP contribution in [0.1, 0.15) is 14.6 Å². The molecule has 0 radical (unpaired) electrons. The molecule has 0 aliphatic rings. The Labute approximate surface area is 90.6 Å². The van der Waals surface area contributed by atoms with Crippen LogP contribution in [-0.2, 0) is 0 Å². The second-order valence-corrected chi connectivity index (χ2v) is 4.76. The fourth-order valence-corrected chi connectivity index (χ4v) is 2.38. The van der Waals surface area contributed by atoms with Gasteiger partial charge in [-0.25, -0.2) is 0 Å². The minimum Gasteiger partial charge on any atom is -0.192 e. The van der Waals surface area contributed by atoms with Gasteiger partial charge in [-0.3, -0.25) is 0 Å². The van der Waals surface area contributed by atoms with Crippen LogP contribution >= 0.6 is 22.7 Å². The highest BCUT2D eigenvalue weighted by atomic mass is 32.1. The first-order chi connectivity index (χ1) is 6.88. The largest absolute Gasteiger partial charge is 0.192 e. The van der Waals surface area contributed by atoms with Gasteiger partial charge in [0.2, 0.25) is 0 Å². The Kier molecular flexibility index (Phi) is 2.78. The van der Waals surface area contributed by atoms with E-state index in [2.05, 4.69) is 23.6 Å². The molecule has 2 heterocycles. The van der Waals surface area contributed by atoms with Crippen LogP contribution < -0.4 is 0 Å². The van der Waals surface area contributed by atoms with Crippen molar-refractivity contribution in [2.24, 2.45) is 0 Å². The zero-order chi connectivity index (χ0) is 9.80. The summed E-state index contributed by atoms with van der Waals surface area (Å²) in [6.45, 7) is 0. The Bertz CT molecular complexity index is 472. The van der Waals surface area contributed by atoms with Gasteiger partial charge in [0.25, 0.3) is 0 Å². The average molecular weight is 217 g/mol. The van der Waals surface area contributed by atoms with Crippen molar-refractivity contribution in [3.8, 4) is 6.07 Å². The van der Waals surface area contributed by atoms with Crippen molar-refractivity contribution >= 4 is 34.8 Å².